The van der Waals surface area contributed by atoms with Gasteiger partial charge in [0.25, 0.3) is 0 Å². The fourth-order valence-electron chi connectivity index (χ4n) is 2.52. The summed E-state index contributed by atoms with van der Waals surface area (Å²) in [6, 6.07) is 20.0. The van der Waals surface area contributed by atoms with Crippen LogP contribution in [-0.4, -0.2) is 14.9 Å². The number of thioether (sulfide) groups is 1. The molecule has 0 spiro atoms. The van der Waals surface area contributed by atoms with E-state index in [1.807, 2.05) is 60.7 Å². The van der Waals surface area contributed by atoms with Crippen molar-refractivity contribution in [3.8, 4) is 0 Å². The molecule has 0 saturated carbocycles. The van der Waals surface area contributed by atoms with Gasteiger partial charge in [-0.25, -0.2) is 4.68 Å². The highest BCUT2D eigenvalue weighted by atomic mass is 32.2. The lowest BCUT2D eigenvalue weighted by molar-refractivity contribution is 0.586. The first-order valence-electron chi connectivity index (χ1n) is 7.69. The molecule has 0 amide bonds. The second kappa shape index (κ2) is 6.75. The van der Waals surface area contributed by atoms with Gasteiger partial charge < -0.3 is 0 Å². The van der Waals surface area contributed by atoms with Crippen LogP contribution in [0.1, 0.15) is 11.1 Å². The monoisotopic (exact) mass is 366 g/mol. The predicted octanol–water partition coefficient (Wildman–Crippen LogP) is 4.84. The van der Waals surface area contributed by atoms with E-state index in [1.54, 1.807) is 23.4 Å². The highest BCUT2D eigenvalue weighted by Crippen LogP contribution is 2.59. The number of rotatable bonds is 4. The molecule has 1 N–H and O–H groups in total. The standard InChI is InChI=1S/C18H15N4OPS/c23-24(21-22-13-19-20-14-22)11-17(15-7-3-1-4-8-15)25-18(12-24)16-9-5-2-6-10-16/h1-14H,(H,21,23). The highest BCUT2D eigenvalue weighted by Gasteiger charge is 2.26. The first kappa shape index (κ1) is 15.9. The fourth-order valence-corrected chi connectivity index (χ4v) is 6.27. The molecular weight excluding hydrogens is 351 g/mol. The van der Waals surface area contributed by atoms with Gasteiger partial charge in [0, 0.05) is 21.4 Å². The first-order valence-corrected chi connectivity index (χ1v) is 10.3. The van der Waals surface area contributed by atoms with Crippen LogP contribution in [0.3, 0.4) is 0 Å². The van der Waals surface area contributed by atoms with E-state index >= 15 is 0 Å². The fraction of sp³-hybridized carbons (Fsp3) is 0. The van der Waals surface area contributed by atoms with Crippen LogP contribution in [0.2, 0.25) is 0 Å². The highest BCUT2D eigenvalue weighted by molar-refractivity contribution is 8.17. The van der Waals surface area contributed by atoms with Gasteiger partial charge in [-0.3, -0.25) is 9.76 Å². The Morgan fingerprint density at radius 2 is 1.28 bits per heavy atom. The van der Waals surface area contributed by atoms with E-state index in [-0.39, 0.29) is 0 Å². The van der Waals surface area contributed by atoms with Crippen LogP contribution in [0.4, 0.5) is 0 Å². The van der Waals surface area contributed by atoms with Crippen LogP contribution in [0, 0.1) is 0 Å². The van der Waals surface area contributed by atoms with Crippen molar-refractivity contribution in [3.05, 3.63) is 96.1 Å². The van der Waals surface area contributed by atoms with Crippen molar-refractivity contribution in [1.29, 1.82) is 0 Å². The Morgan fingerprint density at radius 1 is 0.800 bits per heavy atom. The van der Waals surface area contributed by atoms with Crippen LogP contribution < -0.4 is 5.20 Å². The van der Waals surface area contributed by atoms with Gasteiger partial charge in [-0.15, -0.1) is 10.2 Å². The van der Waals surface area contributed by atoms with Crippen LogP contribution in [-0.2, 0) is 4.57 Å². The molecule has 0 bridgehead atoms. The molecule has 2 aromatic carbocycles. The minimum Gasteiger partial charge on any atom is -0.290 e. The second-order valence-corrected chi connectivity index (χ2v) is 8.72. The molecule has 0 saturated heterocycles. The summed E-state index contributed by atoms with van der Waals surface area (Å²) < 4.78 is 15.0. The first-order chi connectivity index (χ1) is 12.2. The lowest BCUT2D eigenvalue weighted by Gasteiger charge is -2.23. The van der Waals surface area contributed by atoms with Crippen molar-refractivity contribution in [2.24, 2.45) is 0 Å². The number of benzene rings is 2. The summed E-state index contributed by atoms with van der Waals surface area (Å²) in [5.41, 5.74) is 2.08. The van der Waals surface area contributed by atoms with E-state index in [4.69, 9.17) is 0 Å². The topological polar surface area (TPSA) is 59.8 Å². The van der Waals surface area contributed by atoms with E-state index < -0.39 is 7.29 Å². The van der Waals surface area contributed by atoms with Crippen molar-refractivity contribution in [2.75, 3.05) is 5.20 Å². The third-order valence-electron chi connectivity index (χ3n) is 3.65. The Morgan fingerprint density at radius 3 is 1.76 bits per heavy atom. The molecule has 3 aromatic rings. The van der Waals surface area contributed by atoms with Crippen LogP contribution in [0.5, 0.6) is 0 Å². The zero-order valence-corrected chi connectivity index (χ0v) is 14.9. The Labute approximate surface area is 149 Å². The molecule has 0 fully saturated rings. The quantitative estimate of drug-likeness (QED) is 0.669. The van der Waals surface area contributed by atoms with Gasteiger partial charge in [0.1, 0.15) is 12.7 Å². The predicted molar refractivity (Wildman–Crippen MR) is 103 cm³/mol. The van der Waals surface area contributed by atoms with Crippen molar-refractivity contribution in [2.45, 2.75) is 0 Å². The third kappa shape index (κ3) is 3.60. The van der Waals surface area contributed by atoms with E-state index in [0.717, 1.165) is 20.9 Å². The van der Waals surface area contributed by atoms with E-state index in [2.05, 4.69) is 15.4 Å². The van der Waals surface area contributed by atoms with E-state index in [1.165, 1.54) is 17.3 Å². The molecule has 124 valence electrons. The molecule has 0 radical (unpaired) electrons. The molecule has 2 heterocycles. The van der Waals surface area contributed by atoms with Gasteiger partial charge in [0.2, 0.25) is 7.29 Å². The summed E-state index contributed by atoms with van der Waals surface area (Å²) in [4.78, 5) is 1.93. The molecule has 0 atom stereocenters. The van der Waals surface area contributed by atoms with Crippen molar-refractivity contribution in [1.82, 2.24) is 14.9 Å². The van der Waals surface area contributed by atoms with E-state index in [0.29, 0.717) is 0 Å². The Kier molecular flexibility index (Phi) is 4.30. The molecule has 25 heavy (non-hydrogen) atoms. The number of hydrogen-bond acceptors (Lipinski definition) is 4. The maximum atomic E-state index is 13.5. The van der Waals surface area contributed by atoms with Crippen molar-refractivity contribution in [3.63, 3.8) is 0 Å². The van der Waals surface area contributed by atoms with Crippen molar-refractivity contribution < 1.29 is 4.57 Å². The molecule has 0 unspecified atom stereocenters. The summed E-state index contributed by atoms with van der Waals surface area (Å²) in [6.07, 6.45) is 2.99. The van der Waals surface area contributed by atoms with Crippen LogP contribution in [0.25, 0.3) is 9.81 Å². The van der Waals surface area contributed by atoms with Gasteiger partial charge in [0.15, 0.2) is 0 Å². The molecule has 1 aliphatic rings. The number of nitrogens with one attached hydrogen (secondary N) is 1. The maximum absolute atomic E-state index is 13.5. The SMILES string of the molecule is O=P1(Nn2cnnc2)C=C(c2ccccc2)SC(c2ccccc2)=C1. The Hall–Kier alpha value is -2.56. The Balaban J connectivity index is 1.78. The van der Waals surface area contributed by atoms with Gasteiger partial charge in [-0.1, -0.05) is 72.4 Å². The lowest BCUT2D eigenvalue weighted by Crippen LogP contribution is -2.09. The van der Waals surface area contributed by atoms with Crippen LogP contribution in [0.15, 0.2) is 85.0 Å². The average Bonchev–Trinajstić information content (AvgIpc) is 3.15. The van der Waals surface area contributed by atoms with Crippen molar-refractivity contribution >= 4 is 28.9 Å². The molecule has 1 aromatic heterocycles. The second-order valence-electron chi connectivity index (χ2n) is 5.50. The summed E-state index contributed by atoms with van der Waals surface area (Å²) >= 11 is 1.62. The normalized spacial score (nSPS) is 16.0. The Bertz CT molecular complexity index is 909. The van der Waals surface area contributed by atoms with Crippen LogP contribution >= 0.6 is 19.1 Å². The molecule has 7 heteroatoms. The van der Waals surface area contributed by atoms with Gasteiger partial charge in [0.05, 0.1) is 0 Å². The summed E-state index contributed by atoms with van der Waals surface area (Å²) in [6.45, 7) is 0. The molecule has 5 nitrogen and oxygen atoms in total. The zero-order chi connectivity index (χ0) is 17.1. The number of aromatic nitrogens is 3. The summed E-state index contributed by atoms with van der Waals surface area (Å²) in [5.74, 6) is 3.61. The van der Waals surface area contributed by atoms with Gasteiger partial charge in [-0.2, -0.15) is 0 Å². The minimum absolute atomic E-state index is 0.964. The third-order valence-corrected chi connectivity index (χ3v) is 6.97. The van der Waals surface area contributed by atoms with E-state index in [9.17, 15) is 4.57 Å². The average molecular weight is 366 g/mol. The zero-order valence-electron chi connectivity index (χ0n) is 13.2. The molecule has 0 aliphatic carbocycles. The molecule has 4 rings (SSSR count). The summed E-state index contributed by atoms with van der Waals surface area (Å²) in [7, 11) is -2.96. The number of nitrogens with zero attached hydrogens (tertiary/aromatic N) is 3. The largest absolute Gasteiger partial charge is 0.290 e. The van der Waals surface area contributed by atoms with Gasteiger partial charge in [-0.05, 0) is 11.1 Å². The summed E-state index contributed by atoms with van der Waals surface area (Å²) in [5, 5.41) is 10.5. The minimum atomic E-state index is -2.96. The smallest absolute Gasteiger partial charge is 0.229 e. The lowest BCUT2D eigenvalue weighted by atomic mass is 10.2. The number of hydrogen-bond donors (Lipinski definition) is 1. The van der Waals surface area contributed by atoms with Gasteiger partial charge >= 0.3 is 0 Å². The maximum Gasteiger partial charge on any atom is 0.229 e. The molecular formula is C18H15N4OPS. The molecule has 1 aliphatic heterocycles.